The van der Waals surface area contributed by atoms with E-state index < -0.39 is 0 Å². The molecule has 4 nitrogen and oxygen atoms in total. The lowest BCUT2D eigenvalue weighted by Gasteiger charge is -2.23. The van der Waals surface area contributed by atoms with Crippen LogP contribution in [0.1, 0.15) is 24.8 Å². The van der Waals surface area contributed by atoms with E-state index in [1.165, 1.54) is 6.07 Å². The average molecular weight is 273 g/mol. The molecule has 1 aromatic heterocycles. The molecule has 0 saturated heterocycles. The highest BCUT2D eigenvalue weighted by molar-refractivity contribution is 5.92. The maximum Gasteiger partial charge on any atom is 0.227 e. The number of anilines is 1. The van der Waals surface area contributed by atoms with Gasteiger partial charge in [-0.25, -0.2) is 4.39 Å². The smallest absolute Gasteiger partial charge is 0.227 e. The first-order valence-electron chi connectivity index (χ1n) is 6.79. The Hall–Kier alpha value is -2.17. The predicted octanol–water partition coefficient (Wildman–Crippen LogP) is 2.81. The summed E-state index contributed by atoms with van der Waals surface area (Å²) in [6.45, 7) is 0.353. The third kappa shape index (κ3) is 2.71. The minimum atomic E-state index is -0.247. The molecule has 5 heteroatoms. The molecule has 1 amide bonds. The summed E-state index contributed by atoms with van der Waals surface area (Å²) < 4.78 is 15.2. The number of hydrogen-bond acceptors (Lipinski definition) is 2. The van der Waals surface area contributed by atoms with E-state index in [0.717, 1.165) is 19.3 Å². The summed E-state index contributed by atoms with van der Waals surface area (Å²) in [5.41, 5.74) is 1.24. The van der Waals surface area contributed by atoms with Gasteiger partial charge in [0.15, 0.2) is 0 Å². The predicted molar refractivity (Wildman–Crippen MR) is 73.7 cm³/mol. The number of nitrogens with zero attached hydrogens (tertiary/aromatic N) is 2. The fraction of sp³-hybridized carbons (Fsp3) is 0.333. The zero-order chi connectivity index (χ0) is 13.9. The van der Waals surface area contributed by atoms with Crippen LogP contribution in [0.3, 0.4) is 0 Å². The molecule has 0 spiro atoms. The summed E-state index contributed by atoms with van der Waals surface area (Å²) in [4.78, 5) is 11.8. The van der Waals surface area contributed by atoms with Crippen molar-refractivity contribution in [3.05, 3.63) is 48.0 Å². The molecule has 2 aromatic rings. The first kappa shape index (κ1) is 12.8. The van der Waals surface area contributed by atoms with Gasteiger partial charge in [0.2, 0.25) is 5.91 Å². The van der Waals surface area contributed by atoms with Crippen molar-refractivity contribution >= 4 is 11.6 Å². The van der Waals surface area contributed by atoms with Crippen LogP contribution in [0.5, 0.6) is 0 Å². The molecule has 1 saturated carbocycles. The van der Waals surface area contributed by atoms with Gasteiger partial charge in [0.1, 0.15) is 5.82 Å². The Morgan fingerprint density at radius 1 is 1.40 bits per heavy atom. The maximum atomic E-state index is 13.5. The van der Waals surface area contributed by atoms with Crippen LogP contribution in [-0.4, -0.2) is 15.7 Å². The lowest BCUT2D eigenvalue weighted by atomic mass is 9.85. The fourth-order valence-electron chi connectivity index (χ4n) is 2.23. The largest absolute Gasteiger partial charge is 0.323 e. The number of aromatic nitrogens is 2. The van der Waals surface area contributed by atoms with Crippen LogP contribution in [0, 0.1) is 11.7 Å². The first-order chi connectivity index (χ1) is 9.72. The third-order valence-corrected chi connectivity index (χ3v) is 3.67. The summed E-state index contributed by atoms with van der Waals surface area (Å²) in [6.07, 6.45) is 6.38. The molecule has 1 N–H and O–H groups in total. The number of benzene rings is 1. The molecule has 0 radical (unpaired) electrons. The second kappa shape index (κ2) is 5.45. The van der Waals surface area contributed by atoms with Crippen molar-refractivity contribution in [2.45, 2.75) is 25.8 Å². The lowest BCUT2D eigenvalue weighted by molar-refractivity contribution is -0.122. The summed E-state index contributed by atoms with van der Waals surface area (Å²) in [6, 6.07) is 6.61. The van der Waals surface area contributed by atoms with Gasteiger partial charge in [-0.05, 0) is 18.9 Å². The number of carbonyl (C=O) groups excluding carboxylic acids is 1. The molecule has 1 fully saturated rings. The second-order valence-corrected chi connectivity index (χ2v) is 5.14. The minimum absolute atomic E-state index is 0.0571. The van der Waals surface area contributed by atoms with Crippen LogP contribution >= 0.6 is 0 Å². The summed E-state index contributed by atoms with van der Waals surface area (Å²) in [7, 11) is 0. The Bertz CT molecular complexity index is 619. The maximum absolute atomic E-state index is 13.5. The molecule has 1 heterocycles. The average Bonchev–Trinajstić information content (AvgIpc) is 2.77. The summed E-state index contributed by atoms with van der Waals surface area (Å²) >= 11 is 0. The number of rotatable bonds is 4. The number of amides is 1. The Balaban J connectivity index is 1.64. The quantitative estimate of drug-likeness (QED) is 0.931. The molecule has 0 bridgehead atoms. The van der Waals surface area contributed by atoms with Gasteiger partial charge in [0.25, 0.3) is 0 Å². The highest BCUT2D eigenvalue weighted by atomic mass is 19.1. The van der Waals surface area contributed by atoms with Crippen molar-refractivity contribution in [1.82, 2.24) is 9.78 Å². The van der Waals surface area contributed by atoms with Crippen LogP contribution < -0.4 is 5.32 Å². The van der Waals surface area contributed by atoms with Gasteiger partial charge in [-0.1, -0.05) is 24.6 Å². The number of hydrogen-bond donors (Lipinski definition) is 1. The van der Waals surface area contributed by atoms with Gasteiger partial charge in [-0.3, -0.25) is 9.48 Å². The van der Waals surface area contributed by atoms with Crippen molar-refractivity contribution in [3.8, 4) is 0 Å². The Kier molecular flexibility index (Phi) is 3.50. The van der Waals surface area contributed by atoms with E-state index in [2.05, 4.69) is 10.4 Å². The van der Waals surface area contributed by atoms with E-state index in [1.54, 1.807) is 35.3 Å². The van der Waals surface area contributed by atoms with Crippen LogP contribution in [-0.2, 0) is 11.3 Å². The van der Waals surface area contributed by atoms with Gasteiger partial charge in [0.05, 0.1) is 18.4 Å². The second-order valence-electron chi connectivity index (χ2n) is 5.14. The van der Waals surface area contributed by atoms with Gasteiger partial charge < -0.3 is 5.32 Å². The van der Waals surface area contributed by atoms with Crippen molar-refractivity contribution < 1.29 is 9.18 Å². The van der Waals surface area contributed by atoms with Crippen molar-refractivity contribution in [3.63, 3.8) is 0 Å². The molecule has 1 aromatic carbocycles. The van der Waals surface area contributed by atoms with Crippen LogP contribution in [0.25, 0.3) is 0 Å². The molecule has 3 rings (SSSR count). The van der Waals surface area contributed by atoms with E-state index in [0.29, 0.717) is 17.8 Å². The lowest BCUT2D eigenvalue weighted by Crippen LogP contribution is -2.27. The highest BCUT2D eigenvalue weighted by Crippen LogP contribution is 2.27. The van der Waals surface area contributed by atoms with Crippen LogP contribution in [0.15, 0.2) is 36.7 Å². The SMILES string of the molecule is O=C(Nc1cnn(Cc2ccccc2F)c1)C1CCC1. The van der Waals surface area contributed by atoms with E-state index in [1.807, 2.05) is 0 Å². The van der Waals surface area contributed by atoms with Gasteiger partial charge in [0, 0.05) is 17.7 Å². The van der Waals surface area contributed by atoms with Crippen LogP contribution in [0.2, 0.25) is 0 Å². The van der Waals surface area contributed by atoms with Crippen LogP contribution in [0.4, 0.5) is 10.1 Å². The molecule has 1 aliphatic carbocycles. The molecule has 0 aliphatic heterocycles. The Labute approximate surface area is 116 Å². The first-order valence-corrected chi connectivity index (χ1v) is 6.79. The zero-order valence-corrected chi connectivity index (χ0v) is 11.1. The van der Waals surface area contributed by atoms with E-state index in [-0.39, 0.29) is 17.6 Å². The minimum Gasteiger partial charge on any atom is -0.323 e. The standard InChI is InChI=1S/C15H16FN3O/c16-14-7-2-1-4-12(14)9-19-10-13(8-17-19)18-15(20)11-5-3-6-11/h1-2,4,7-8,10-11H,3,5-6,9H2,(H,18,20). The van der Waals surface area contributed by atoms with E-state index >= 15 is 0 Å². The number of nitrogens with one attached hydrogen (secondary N) is 1. The normalized spacial score (nSPS) is 14.8. The van der Waals surface area contributed by atoms with E-state index in [4.69, 9.17) is 0 Å². The zero-order valence-electron chi connectivity index (χ0n) is 11.1. The highest BCUT2D eigenvalue weighted by Gasteiger charge is 2.25. The molecular formula is C15H16FN3O. The number of carbonyl (C=O) groups is 1. The number of halogens is 1. The monoisotopic (exact) mass is 273 g/mol. The Morgan fingerprint density at radius 3 is 2.90 bits per heavy atom. The molecule has 0 atom stereocenters. The summed E-state index contributed by atoms with van der Waals surface area (Å²) in [5.74, 6) is -0.0466. The van der Waals surface area contributed by atoms with Gasteiger partial charge >= 0.3 is 0 Å². The Morgan fingerprint density at radius 2 is 2.20 bits per heavy atom. The van der Waals surface area contributed by atoms with Gasteiger partial charge in [-0.2, -0.15) is 5.10 Å². The van der Waals surface area contributed by atoms with Gasteiger partial charge in [-0.15, -0.1) is 0 Å². The molecule has 104 valence electrons. The van der Waals surface area contributed by atoms with E-state index in [9.17, 15) is 9.18 Å². The fourth-order valence-corrected chi connectivity index (χ4v) is 2.23. The van der Waals surface area contributed by atoms with Crippen molar-refractivity contribution in [2.24, 2.45) is 5.92 Å². The third-order valence-electron chi connectivity index (χ3n) is 3.67. The molecule has 0 unspecified atom stereocenters. The molecule has 1 aliphatic rings. The van der Waals surface area contributed by atoms with Crippen molar-refractivity contribution in [2.75, 3.05) is 5.32 Å². The topological polar surface area (TPSA) is 46.9 Å². The summed E-state index contributed by atoms with van der Waals surface area (Å²) in [5, 5.41) is 6.99. The van der Waals surface area contributed by atoms with Crippen molar-refractivity contribution in [1.29, 1.82) is 0 Å². The molecular weight excluding hydrogens is 257 g/mol. The molecule has 20 heavy (non-hydrogen) atoms.